The highest BCUT2D eigenvalue weighted by atomic mass is 16.5. The van der Waals surface area contributed by atoms with E-state index in [4.69, 9.17) is 9.47 Å². The highest BCUT2D eigenvalue weighted by Crippen LogP contribution is 2.36. The predicted molar refractivity (Wildman–Crippen MR) is 83.3 cm³/mol. The molecule has 1 aromatic carbocycles. The third-order valence-electron chi connectivity index (χ3n) is 4.42. The maximum absolute atomic E-state index is 12.6. The number of nitrogens with zero attached hydrogens (tertiary/aromatic N) is 1. The van der Waals surface area contributed by atoms with Crippen LogP contribution in [-0.4, -0.2) is 48.7 Å². The number of aliphatic carboxylic acids is 1. The van der Waals surface area contributed by atoms with Gasteiger partial charge in [-0.25, -0.2) is 0 Å². The van der Waals surface area contributed by atoms with Crippen molar-refractivity contribution in [2.24, 2.45) is 11.8 Å². The number of rotatable bonds is 3. The Kier molecular flexibility index (Phi) is 3.98. The molecule has 0 bridgehead atoms. The van der Waals surface area contributed by atoms with E-state index in [1.165, 1.54) is 0 Å². The molecule has 23 heavy (non-hydrogen) atoms. The maximum atomic E-state index is 12.6. The lowest BCUT2D eigenvalue weighted by molar-refractivity contribution is -0.142. The summed E-state index contributed by atoms with van der Waals surface area (Å²) in [5.74, 6) is -0.299. The number of fused-ring (bicyclic) bond motifs is 1. The molecule has 1 N–H and O–H groups in total. The third kappa shape index (κ3) is 2.76. The van der Waals surface area contributed by atoms with Gasteiger partial charge in [-0.1, -0.05) is 19.1 Å². The van der Waals surface area contributed by atoms with E-state index in [1.807, 2.05) is 19.1 Å². The normalized spacial score (nSPS) is 22.9. The minimum atomic E-state index is -0.850. The van der Waals surface area contributed by atoms with Crippen LogP contribution in [0.4, 0.5) is 0 Å². The van der Waals surface area contributed by atoms with Gasteiger partial charge in [-0.05, 0) is 18.1 Å². The van der Waals surface area contributed by atoms with E-state index in [2.05, 4.69) is 0 Å². The van der Waals surface area contributed by atoms with Crippen LogP contribution < -0.4 is 9.47 Å². The van der Waals surface area contributed by atoms with Gasteiger partial charge in [-0.3, -0.25) is 9.59 Å². The Morgan fingerprint density at radius 1 is 1.35 bits per heavy atom. The van der Waals surface area contributed by atoms with Gasteiger partial charge in [0.05, 0.1) is 18.6 Å². The predicted octanol–water partition coefficient (Wildman–Crippen LogP) is 1.65. The van der Waals surface area contributed by atoms with Crippen molar-refractivity contribution < 1.29 is 24.2 Å². The van der Waals surface area contributed by atoms with E-state index in [-0.39, 0.29) is 25.0 Å². The second-order valence-electron chi connectivity index (χ2n) is 5.97. The van der Waals surface area contributed by atoms with Gasteiger partial charge in [0, 0.05) is 18.7 Å². The minimum absolute atomic E-state index is 0.0473. The summed E-state index contributed by atoms with van der Waals surface area (Å²) in [6, 6.07) is 5.50. The van der Waals surface area contributed by atoms with Crippen molar-refractivity contribution in [1.29, 1.82) is 0 Å². The molecular formula is C17H19NO5. The first-order valence-electron chi connectivity index (χ1n) is 7.53. The van der Waals surface area contributed by atoms with Gasteiger partial charge >= 0.3 is 5.97 Å². The number of hydrogen-bond acceptors (Lipinski definition) is 4. The highest BCUT2D eigenvalue weighted by molar-refractivity contribution is 5.99. The summed E-state index contributed by atoms with van der Waals surface area (Å²) in [5, 5.41) is 9.19. The van der Waals surface area contributed by atoms with Gasteiger partial charge in [-0.15, -0.1) is 0 Å². The summed E-state index contributed by atoms with van der Waals surface area (Å²) >= 11 is 0. The lowest BCUT2D eigenvalue weighted by Gasteiger charge is -2.23. The fourth-order valence-electron chi connectivity index (χ4n) is 3.12. The summed E-state index contributed by atoms with van der Waals surface area (Å²) < 4.78 is 10.9. The molecule has 2 heterocycles. The Morgan fingerprint density at radius 3 is 2.78 bits per heavy atom. The van der Waals surface area contributed by atoms with Gasteiger partial charge in [0.1, 0.15) is 6.61 Å². The van der Waals surface area contributed by atoms with Gasteiger partial charge in [0.15, 0.2) is 11.5 Å². The van der Waals surface area contributed by atoms with Crippen LogP contribution in [0.15, 0.2) is 23.8 Å². The molecule has 0 aromatic heterocycles. The van der Waals surface area contributed by atoms with E-state index in [0.717, 1.165) is 5.56 Å². The van der Waals surface area contributed by atoms with Crippen LogP contribution in [0.2, 0.25) is 0 Å². The number of methoxy groups -OCH3 is 1. The Morgan fingerprint density at radius 2 is 2.13 bits per heavy atom. The zero-order valence-corrected chi connectivity index (χ0v) is 13.1. The zero-order valence-electron chi connectivity index (χ0n) is 13.1. The van der Waals surface area contributed by atoms with Crippen LogP contribution in [-0.2, 0) is 9.59 Å². The lowest BCUT2D eigenvalue weighted by atomic mass is 9.99. The Labute approximate surface area is 134 Å². The molecule has 6 heteroatoms. The van der Waals surface area contributed by atoms with Crippen molar-refractivity contribution in [2.45, 2.75) is 6.92 Å². The monoisotopic (exact) mass is 317 g/mol. The summed E-state index contributed by atoms with van der Waals surface area (Å²) in [7, 11) is 1.57. The minimum Gasteiger partial charge on any atom is -0.493 e. The molecule has 0 aliphatic carbocycles. The van der Waals surface area contributed by atoms with E-state index in [9.17, 15) is 14.7 Å². The first-order chi connectivity index (χ1) is 11.0. The summed E-state index contributed by atoms with van der Waals surface area (Å²) in [4.78, 5) is 25.4. The molecule has 6 nitrogen and oxygen atoms in total. The number of carboxylic acid groups (broad SMARTS) is 1. The Balaban J connectivity index is 1.81. The molecule has 0 spiro atoms. The molecule has 3 rings (SSSR count). The molecule has 0 unspecified atom stereocenters. The molecule has 1 amide bonds. The molecular weight excluding hydrogens is 298 g/mol. The van der Waals surface area contributed by atoms with Crippen LogP contribution in [0.1, 0.15) is 12.5 Å². The third-order valence-corrected chi connectivity index (χ3v) is 4.42. The highest BCUT2D eigenvalue weighted by Gasteiger charge is 2.38. The van der Waals surface area contributed by atoms with Crippen molar-refractivity contribution >= 4 is 18.0 Å². The van der Waals surface area contributed by atoms with Crippen molar-refractivity contribution in [1.82, 2.24) is 4.90 Å². The van der Waals surface area contributed by atoms with Crippen molar-refractivity contribution in [3.05, 3.63) is 29.3 Å². The molecule has 1 saturated heterocycles. The number of hydrogen-bond donors (Lipinski definition) is 1. The van der Waals surface area contributed by atoms with E-state index in [0.29, 0.717) is 23.6 Å². The number of likely N-dealkylation sites (tertiary alicyclic amines) is 1. The number of carboxylic acids is 1. The molecule has 0 radical (unpaired) electrons. The molecule has 122 valence electrons. The SMILES string of the molecule is COc1cccc2c1OCC(C(=O)N1C[C@@H](C)[C@H](C(=O)O)C1)=C2. The van der Waals surface area contributed by atoms with Crippen molar-refractivity contribution in [3.63, 3.8) is 0 Å². The average Bonchev–Trinajstić information content (AvgIpc) is 2.95. The van der Waals surface area contributed by atoms with Crippen LogP contribution in [0, 0.1) is 11.8 Å². The topological polar surface area (TPSA) is 76.1 Å². The lowest BCUT2D eigenvalue weighted by Crippen LogP contribution is -2.33. The largest absolute Gasteiger partial charge is 0.493 e. The zero-order chi connectivity index (χ0) is 16.6. The molecule has 2 aliphatic rings. The van der Waals surface area contributed by atoms with Crippen molar-refractivity contribution in [2.75, 3.05) is 26.8 Å². The Bertz CT molecular complexity index is 682. The molecule has 2 atom stereocenters. The molecule has 2 aliphatic heterocycles. The standard InChI is InChI=1S/C17H19NO5/c1-10-7-18(8-13(10)17(20)21)16(19)12-6-11-4-3-5-14(22-2)15(11)23-9-12/h3-6,10,13H,7-9H2,1-2H3,(H,20,21)/t10-,13-/m1/s1. The summed E-state index contributed by atoms with van der Waals surface area (Å²) in [6.07, 6.45) is 1.79. The quantitative estimate of drug-likeness (QED) is 0.917. The van der Waals surface area contributed by atoms with Crippen LogP contribution >= 0.6 is 0 Å². The van der Waals surface area contributed by atoms with Gasteiger partial charge in [0.2, 0.25) is 0 Å². The maximum Gasteiger partial charge on any atom is 0.308 e. The second kappa shape index (κ2) is 5.95. The van der Waals surface area contributed by atoms with E-state index < -0.39 is 11.9 Å². The second-order valence-corrected chi connectivity index (χ2v) is 5.97. The van der Waals surface area contributed by atoms with E-state index in [1.54, 1.807) is 24.2 Å². The van der Waals surface area contributed by atoms with Crippen LogP contribution in [0.25, 0.3) is 6.08 Å². The summed E-state index contributed by atoms with van der Waals surface area (Å²) in [6.45, 7) is 2.72. The van der Waals surface area contributed by atoms with Gasteiger partial charge in [-0.2, -0.15) is 0 Å². The Hall–Kier alpha value is -2.50. The fourth-order valence-corrected chi connectivity index (χ4v) is 3.12. The number of carbonyl (C=O) groups excluding carboxylic acids is 1. The first kappa shape index (κ1) is 15.4. The van der Waals surface area contributed by atoms with Gasteiger partial charge in [0.25, 0.3) is 5.91 Å². The molecule has 1 aromatic rings. The average molecular weight is 317 g/mol. The number of amides is 1. The number of ether oxygens (including phenoxy) is 2. The first-order valence-corrected chi connectivity index (χ1v) is 7.53. The van der Waals surface area contributed by atoms with Gasteiger partial charge < -0.3 is 19.5 Å². The van der Waals surface area contributed by atoms with Crippen LogP contribution in [0.3, 0.4) is 0 Å². The molecule has 1 fully saturated rings. The smallest absolute Gasteiger partial charge is 0.308 e. The summed E-state index contributed by atoms with van der Waals surface area (Å²) in [5.41, 5.74) is 1.32. The van der Waals surface area contributed by atoms with E-state index >= 15 is 0 Å². The van der Waals surface area contributed by atoms with Crippen molar-refractivity contribution in [3.8, 4) is 11.5 Å². The number of para-hydroxylation sites is 1. The number of carbonyl (C=O) groups is 2. The number of benzene rings is 1. The van der Waals surface area contributed by atoms with Crippen LogP contribution in [0.5, 0.6) is 11.5 Å². The molecule has 0 saturated carbocycles. The fraction of sp³-hybridized carbons (Fsp3) is 0.412.